The number of hydrogen-bond acceptors (Lipinski definition) is 2. The summed E-state index contributed by atoms with van der Waals surface area (Å²) in [5, 5.41) is 5.60. The largest absolute Gasteiger partial charge is 0.324 e. The van der Waals surface area contributed by atoms with Crippen LogP contribution in [-0.2, 0) is 9.59 Å². The normalized spacial score (nSPS) is 10.2. The quantitative estimate of drug-likeness (QED) is 0.710. The first-order chi connectivity index (χ1) is 10.1. The SMILES string of the molecule is Cc1ccc(NC(=O)CCCCl)c(NC(=O)CCCCl)c1. The first kappa shape index (κ1) is 17.8. The summed E-state index contributed by atoms with van der Waals surface area (Å²) in [6, 6.07) is 5.49. The van der Waals surface area contributed by atoms with Crippen molar-refractivity contribution in [3.63, 3.8) is 0 Å². The van der Waals surface area contributed by atoms with Gasteiger partial charge in [0, 0.05) is 24.6 Å². The predicted octanol–water partition coefficient (Wildman–Crippen LogP) is 3.91. The number of rotatable bonds is 8. The third-order valence-corrected chi connectivity index (χ3v) is 3.33. The Morgan fingerprint density at radius 3 is 2.00 bits per heavy atom. The smallest absolute Gasteiger partial charge is 0.224 e. The highest BCUT2D eigenvalue weighted by atomic mass is 35.5. The molecule has 1 aromatic carbocycles. The van der Waals surface area contributed by atoms with Crippen molar-refractivity contribution in [1.82, 2.24) is 0 Å². The standard InChI is InChI=1S/C15H20Cl2N2O2/c1-11-6-7-12(18-14(20)4-2-8-16)13(10-11)19-15(21)5-3-9-17/h6-7,10H,2-5,8-9H2,1H3,(H,18,20)(H,19,21). The van der Waals surface area contributed by atoms with Crippen molar-refractivity contribution in [3.8, 4) is 0 Å². The maximum Gasteiger partial charge on any atom is 0.224 e. The molecule has 0 heterocycles. The second kappa shape index (κ2) is 9.64. The van der Waals surface area contributed by atoms with Gasteiger partial charge in [0.25, 0.3) is 0 Å². The zero-order chi connectivity index (χ0) is 15.7. The summed E-state index contributed by atoms with van der Waals surface area (Å²) in [6.45, 7) is 1.92. The van der Waals surface area contributed by atoms with E-state index in [1.54, 1.807) is 6.07 Å². The van der Waals surface area contributed by atoms with Crippen LogP contribution >= 0.6 is 23.2 Å². The van der Waals surface area contributed by atoms with Crippen LogP contribution < -0.4 is 10.6 Å². The first-order valence-corrected chi connectivity index (χ1v) is 7.96. The minimum Gasteiger partial charge on any atom is -0.324 e. The van der Waals surface area contributed by atoms with Gasteiger partial charge in [0.1, 0.15) is 0 Å². The zero-order valence-corrected chi connectivity index (χ0v) is 13.6. The number of carbonyl (C=O) groups is 2. The third kappa shape index (κ3) is 6.82. The van der Waals surface area contributed by atoms with Crippen molar-refractivity contribution >= 4 is 46.4 Å². The molecule has 0 saturated heterocycles. The molecule has 0 aliphatic heterocycles. The third-order valence-electron chi connectivity index (χ3n) is 2.80. The van der Waals surface area contributed by atoms with E-state index in [1.165, 1.54) is 0 Å². The van der Waals surface area contributed by atoms with Crippen LogP contribution in [0.15, 0.2) is 18.2 Å². The number of nitrogens with one attached hydrogen (secondary N) is 2. The summed E-state index contributed by atoms with van der Waals surface area (Å²) >= 11 is 11.1. The highest BCUT2D eigenvalue weighted by molar-refractivity contribution is 6.18. The summed E-state index contributed by atoms with van der Waals surface area (Å²) < 4.78 is 0. The fourth-order valence-corrected chi connectivity index (χ4v) is 2.02. The van der Waals surface area contributed by atoms with Gasteiger partial charge in [-0.3, -0.25) is 9.59 Å². The Morgan fingerprint density at radius 1 is 0.952 bits per heavy atom. The molecule has 0 spiro atoms. The Morgan fingerprint density at radius 2 is 1.48 bits per heavy atom. The summed E-state index contributed by atoms with van der Waals surface area (Å²) in [5.41, 5.74) is 2.20. The molecule has 0 saturated carbocycles. The molecule has 0 radical (unpaired) electrons. The van der Waals surface area contributed by atoms with Gasteiger partial charge in [0.05, 0.1) is 11.4 Å². The van der Waals surface area contributed by atoms with Crippen molar-refractivity contribution in [2.24, 2.45) is 0 Å². The van der Waals surface area contributed by atoms with Crippen LogP contribution in [-0.4, -0.2) is 23.6 Å². The lowest BCUT2D eigenvalue weighted by Gasteiger charge is -2.13. The predicted molar refractivity (Wildman–Crippen MR) is 88.3 cm³/mol. The first-order valence-electron chi connectivity index (χ1n) is 6.89. The molecule has 0 aliphatic carbocycles. The van der Waals surface area contributed by atoms with E-state index in [-0.39, 0.29) is 11.8 Å². The van der Waals surface area contributed by atoms with Gasteiger partial charge in [-0.1, -0.05) is 6.07 Å². The average Bonchev–Trinajstić information content (AvgIpc) is 2.45. The van der Waals surface area contributed by atoms with Crippen LogP contribution in [0.3, 0.4) is 0 Å². The van der Waals surface area contributed by atoms with Crippen molar-refractivity contribution in [2.75, 3.05) is 22.4 Å². The van der Waals surface area contributed by atoms with Crippen LogP contribution in [0.1, 0.15) is 31.2 Å². The molecule has 1 aromatic rings. The molecule has 0 atom stereocenters. The number of amides is 2. The van der Waals surface area contributed by atoms with Crippen molar-refractivity contribution in [3.05, 3.63) is 23.8 Å². The number of anilines is 2. The molecule has 0 fully saturated rings. The van der Waals surface area contributed by atoms with E-state index < -0.39 is 0 Å². The van der Waals surface area contributed by atoms with E-state index >= 15 is 0 Å². The van der Waals surface area contributed by atoms with E-state index in [4.69, 9.17) is 23.2 Å². The highest BCUT2D eigenvalue weighted by Crippen LogP contribution is 2.23. The molecule has 1 rings (SSSR count). The fraction of sp³-hybridized carbons (Fsp3) is 0.467. The van der Waals surface area contributed by atoms with Crippen LogP contribution in [0.25, 0.3) is 0 Å². The van der Waals surface area contributed by atoms with Crippen molar-refractivity contribution in [1.29, 1.82) is 0 Å². The fourth-order valence-electron chi connectivity index (χ4n) is 1.75. The van der Waals surface area contributed by atoms with Gasteiger partial charge in [-0.25, -0.2) is 0 Å². The number of carbonyl (C=O) groups excluding carboxylic acids is 2. The van der Waals surface area contributed by atoms with Crippen molar-refractivity contribution < 1.29 is 9.59 Å². The summed E-state index contributed by atoms with van der Waals surface area (Å²) in [7, 11) is 0. The van der Waals surface area contributed by atoms with Gasteiger partial charge in [-0.15, -0.1) is 23.2 Å². The summed E-state index contributed by atoms with van der Waals surface area (Å²) in [4.78, 5) is 23.6. The minimum absolute atomic E-state index is 0.113. The van der Waals surface area contributed by atoms with Crippen molar-refractivity contribution in [2.45, 2.75) is 32.6 Å². The molecule has 0 aromatic heterocycles. The Kier molecular flexibility index (Phi) is 8.16. The van der Waals surface area contributed by atoms with E-state index in [9.17, 15) is 9.59 Å². The molecule has 21 heavy (non-hydrogen) atoms. The maximum atomic E-state index is 11.8. The molecule has 0 bridgehead atoms. The monoisotopic (exact) mass is 330 g/mol. The van der Waals surface area contributed by atoms with Gasteiger partial charge < -0.3 is 10.6 Å². The lowest BCUT2D eigenvalue weighted by molar-refractivity contribution is -0.117. The summed E-state index contributed by atoms with van der Waals surface area (Å²) in [6.07, 6.45) is 1.96. The van der Waals surface area contributed by atoms with E-state index in [1.807, 2.05) is 19.1 Å². The number of aryl methyl sites for hydroxylation is 1. The molecular weight excluding hydrogens is 311 g/mol. The van der Waals surface area contributed by atoms with Gasteiger partial charge >= 0.3 is 0 Å². The Balaban J connectivity index is 2.74. The number of hydrogen-bond donors (Lipinski definition) is 2. The minimum atomic E-state index is -0.115. The van der Waals surface area contributed by atoms with E-state index in [0.29, 0.717) is 48.8 Å². The lowest BCUT2D eigenvalue weighted by atomic mass is 10.1. The molecule has 6 heteroatoms. The maximum absolute atomic E-state index is 11.8. The van der Waals surface area contributed by atoms with Gasteiger partial charge in [0.15, 0.2) is 0 Å². The van der Waals surface area contributed by atoms with Gasteiger partial charge in [-0.2, -0.15) is 0 Å². The number of benzene rings is 1. The van der Waals surface area contributed by atoms with Crippen LogP contribution in [0.2, 0.25) is 0 Å². The molecule has 0 unspecified atom stereocenters. The van der Waals surface area contributed by atoms with E-state index in [2.05, 4.69) is 10.6 Å². The second-order valence-electron chi connectivity index (χ2n) is 4.73. The van der Waals surface area contributed by atoms with Crippen LogP contribution in [0.5, 0.6) is 0 Å². The summed E-state index contributed by atoms with van der Waals surface area (Å²) in [5.74, 6) is 0.667. The number of halogens is 2. The lowest BCUT2D eigenvalue weighted by Crippen LogP contribution is -2.16. The molecule has 116 valence electrons. The number of alkyl halides is 2. The Hall–Kier alpha value is -1.26. The van der Waals surface area contributed by atoms with Crippen LogP contribution in [0.4, 0.5) is 11.4 Å². The second-order valence-corrected chi connectivity index (χ2v) is 5.49. The Bertz CT molecular complexity index is 493. The van der Waals surface area contributed by atoms with Gasteiger partial charge in [0.2, 0.25) is 11.8 Å². The molecule has 2 amide bonds. The highest BCUT2D eigenvalue weighted by Gasteiger charge is 2.10. The van der Waals surface area contributed by atoms with E-state index in [0.717, 1.165) is 5.56 Å². The van der Waals surface area contributed by atoms with Gasteiger partial charge in [-0.05, 0) is 37.5 Å². The molecule has 4 nitrogen and oxygen atoms in total. The Labute approximate surface area is 135 Å². The molecule has 2 N–H and O–H groups in total. The zero-order valence-electron chi connectivity index (χ0n) is 12.0. The van der Waals surface area contributed by atoms with Crippen LogP contribution in [0, 0.1) is 6.92 Å². The molecular formula is C15H20Cl2N2O2. The topological polar surface area (TPSA) is 58.2 Å². The average molecular weight is 331 g/mol. The molecule has 0 aliphatic rings.